The Morgan fingerprint density at radius 1 is 1.32 bits per heavy atom. The van der Waals surface area contributed by atoms with Crippen LogP contribution in [0.5, 0.6) is 0 Å². The number of ether oxygens (including phenoxy) is 1. The second-order valence-corrected chi connectivity index (χ2v) is 7.95. The highest BCUT2D eigenvalue weighted by Crippen LogP contribution is 2.34. The second kappa shape index (κ2) is 7.53. The molecule has 1 N–H and O–H groups in total. The van der Waals surface area contributed by atoms with E-state index in [0.717, 1.165) is 44.2 Å². The molecule has 1 aromatic heterocycles. The molecule has 0 radical (unpaired) electrons. The maximum absolute atomic E-state index is 6.03. The topological polar surface area (TPSA) is 63.4 Å². The van der Waals surface area contributed by atoms with Gasteiger partial charge in [0.2, 0.25) is 5.82 Å². The Kier molecular flexibility index (Phi) is 5.17. The lowest BCUT2D eigenvalue weighted by atomic mass is 9.95. The zero-order valence-corrected chi connectivity index (χ0v) is 15.5. The molecule has 1 atom stereocenters. The number of thioether (sulfide) groups is 1. The number of aromatic nitrogens is 2. The summed E-state index contributed by atoms with van der Waals surface area (Å²) in [6, 6.07) is 7.92. The van der Waals surface area contributed by atoms with Crippen LogP contribution in [0.3, 0.4) is 0 Å². The van der Waals surface area contributed by atoms with E-state index >= 15 is 0 Å². The van der Waals surface area contributed by atoms with E-state index in [1.807, 2.05) is 36.0 Å². The molecule has 25 heavy (non-hydrogen) atoms. The Morgan fingerprint density at radius 3 is 2.96 bits per heavy atom. The molecular formula is C17H21ClN4O2S. The first-order valence-electron chi connectivity index (χ1n) is 8.49. The van der Waals surface area contributed by atoms with Crippen molar-refractivity contribution in [2.45, 2.75) is 12.0 Å². The molecule has 6 nitrogen and oxygen atoms in total. The molecule has 1 aromatic carbocycles. The summed E-state index contributed by atoms with van der Waals surface area (Å²) in [5.41, 5.74) is 0.989. The van der Waals surface area contributed by atoms with Gasteiger partial charge in [0.25, 0.3) is 0 Å². The van der Waals surface area contributed by atoms with Crippen LogP contribution in [-0.4, -0.2) is 64.9 Å². The van der Waals surface area contributed by atoms with Crippen molar-refractivity contribution in [3.8, 4) is 11.4 Å². The molecule has 0 aliphatic carbocycles. The predicted octanol–water partition coefficient (Wildman–Crippen LogP) is 3.01. The molecule has 0 amide bonds. The van der Waals surface area contributed by atoms with Crippen molar-refractivity contribution in [2.24, 2.45) is 0 Å². The van der Waals surface area contributed by atoms with E-state index in [1.165, 1.54) is 12.2 Å². The molecule has 0 spiro atoms. The summed E-state index contributed by atoms with van der Waals surface area (Å²) >= 11 is 8.04. The molecule has 1 unspecified atom stereocenters. The fourth-order valence-electron chi connectivity index (χ4n) is 3.42. The van der Waals surface area contributed by atoms with Crippen LogP contribution >= 0.6 is 23.4 Å². The average Bonchev–Trinajstić information content (AvgIpc) is 3.31. The number of halogens is 1. The van der Waals surface area contributed by atoms with Crippen LogP contribution in [0, 0.1) is 0 Å². The smallest absolute Gasteiger partial charge is 0.321 e. The number of hydrogen-bond donors (Lipinski definition) is 1. The molecule has 2 fully saturated rings. The van der Waals surface area contributed by atoms with Crippen LogP contribution in [0.25, 0.3) is 11.4 Å². The van der Waals surface area contributed by atoms with Crippen LogP contribution in [0.15, 0.2) is 28.8 Å². The van der Waals surface area contributed by atoms with E-state index in [0.29, 0.717) is 16.9 Å². The largest absolute Gasteiger partial charge is 0.379 e. The first-order valence-corrected chi connectivity index (χ1v) is 10.0. The van der Waals surface area contributed by atoms with Gasteiger partial charge in [-0.2, -0.15) is 16.7 Å². The van der Waals surface area contributed by atoms with E-state index in [2.05, 4.69) is 20.4 Å². The Morgan fingerprint density at radius 2 is 2.20 bits per heavy atom. The number of anilines is 1. The first kappa shape index (κ1) is 17.1. The van der Waals surface area contributed by atoms with Gasteiger partial charge in [-0.3, -0.25) is 4.90 Å². The Balaban J connectivity index is 1.45. The quantitative estimate of drug-likeness (QED) is 0.855. The third-order valence-electron chi connectivity index (χ3n) is 4.84. The summed E-state index contributed by atoms with van der Waals surface area (Å²) in [6.07, 6.45) is 1.17. The van der Waals surface area contributed by atoms with E-state index in [9.17, 15) is 0 Å². The molecule has 2 aliphatic rings. The Labute approximate surface area is 156 Å². The maximum atomic E-state index is 6.03. The van der Waals surface area contributed by atoms with E-state index < -0.39 is 0 Å². The Bertz CT molecular complexity index is 714. The molecule has 2 saturated heterocycles. The average molecular weight is 381 g/mol. The van der Waals surface area contributed by atoms with Crippen molar-refractivity contribution < 1.29 is 9.26 Å². The van der Waals surface area contributed by atoms with Crippen molar-refractivity contribution in [1.29, 1.82) is 0 Å². The maximum Gasteiger partial charge on any atom is 0.321 e. The predicted molar refractivity (Wildman–Crippen MR) is 100 cm³/mol. The van der Waals surface area contributed by atoms with Gasteiger partial charge in [-0.05, 0) is 24.3 Å². The zero-order chi connectivity index (χ0) is 17.1. The molecule has 4 rings (SSSR count). The first-order chi connectivity index (χ1) is 12.3. The summed E-state index contributed by atoms with van der Waals surface area (Å²) in [5.74, 6) is 2.86. The molecule has 2 aromatic rings. The molecule has 0 bridgehead atoms. The number of rotatable bonds is 5. The van der Waals surface area contributed by atoms with Gasteiger partial charge in [-0.1, -0.05) is 28.9 Å². The normalized spacial score (nSPS) is 24.5. The minimum Gasteiger partial charge on any atom is -0.379 e. The van der Waals surface area contributed by atoms with Gasteiger partial charge in [0.15, 0.2) is 0 Å². The van der Waals surface area contributed by atoms with Gasteiger partial charge in [-0.25, -0.2) is 0 Å². The van der Waals surface area contributed by atoms with E-state index in [1.54, 1.807) is 0 Å². The standard InChI is InChI=1S/C17H21ClN4O2S/c18-14-3-1-2-13(10-14)15-20-16(24-21-15)19-11-17(4-9-25-12-17)22-5-7-23-8-6-22/h1-3,10H,4-9,11-12H2,(H,19,20,21). The lowest BCUT2D eigenvalue weighted by molar-refractivity contribution is -0.00936. The minimum absolute atomic E-state index is 0.138. The highest BCUT2D eigenvalue weighted by molar-refractivity contribution is 7.99. The molecule has 3 heterocycles. The molecule has 0 saturated carbocycles. The van der Waals surface area contributed by atoms with Gasteiger partial charge >= 0.3 is 6.01 Å². The van der Waals surface area contributed by atoms with Gasteiger partial charge in [0.05, 0.1) is 13.2 Å². The van der Waals surface area contributed by atoms with E-state index in [4.69, 9.17) is 20.9 Å². The van der Waals surface area contributed by atoms with Gasteiger partial charge in [0, 0.05) is 41.5 Å². The number of nitrogens with one attached hydrogen (secondary N) is 1. The lowest BCUT2D eigenvalue weighted by Gasteiger charge is -2.42. The number of benzene rings is 1. The van der Waals surface area contributed by atoms with Gasteiger partial charge in [-0.15, -0.1) is 0 Å². The van der Waals surface area contributed by atoms with Crippen LogP contribution in [0.4, 0.5) is 6.01 Å². The summed E-state index contributed by atoms with van der Waals surface area (Å²) in [6.45, 7) is 4.40. The van der Waals surface area contributed by atoms with Gasteiger partial charge in [0.1, 0.15) is 0 Å². The van der Waals surface area contributed by atoms with Crippen molar-refractivity contribution in [3.63, 3.8) is 0 Å². The summed E-state index contributed by atoms with van der Waals surface area (Å²) in [7, 11) is 0. The fraction of sp³-hybridized carbons (Fsp3) is 0.529. The van der Waals surface area contributed by atoms with Crippen molar-refractivity contribution in [1.82, 2.24) is 15.0 Å². The third-order valence-corrected chi connectivity index (χ3v) is 6.31. The number of morpholine rings is 1. The van der Waals surface area contributed by atoms with Crippen LogP contribution in [-0.2, 0) is 4.74 Å². The summed E-state index contributed by atoms with van der Waals surface area (Å²) in [4.78, 5) is 7.01. The molecule has 134 valence electrons. The third kappa shape index (κ3) is 3.79. The highest BCUT2D eigenvalue weighted by Gasteiger charge is 2.40. The molecule has 8 heteroatoms. The van der Waals surface area contributed by atoms with Crippen molar-refractivity contribution >= 4 is 29.4 Å². The zero-order valence-electron chi connectivity index (χ0n) is 13.9. The van der Waals surface area contributed by atoms with Crippen LogP contribution in [0.2, 0.25) is 5.02 Å². The van der Waals surface area contributed by atoms with E-state index in [-0.39, 0.29) is 5.54 Å². The molecular weight excluding hydrogens is 360 g/mol. The monoisotopic (exact) mass is 380 g/mol. The highest BCUT2D eigenvalue weighted by atomic mass is 35.5. The van der Waals surface area contributed by atoms with Crippen LogP contribution < -0.4 is 5.32 Å². The fourth-order valence-corrected chi connectivity index (χ4v) is 5.08. The lowest BCUT2D eigenvalue weighted by Crippen LogP contribution is -2.57. The number of nitrogens with zero attached hydrogens (tertiary/aromatic N) is 3. The summed E-state index contributed by atoms with van der Waals surface area (Å²) in [5, 5.41) is 8.08. The van der Waals surface area contributed by atoms with Crippen molar-refractivity contribution in [3.05, 3.63) is 29.3 Å². The van der Waals surface area contributed by atoms with Crippen LogP contribution in [0.1, 0.15) is 6.42 Å². The van der Waals surface area contributed by atoms with Crippen molar-refractivity contribution in [2.75, 3.05) is 49.7 Å². The second-order valence-electron chi connectivity index (χ2n) is 6.41. The Hall–Kier alpha value is -1.28. The number of hydrogen-bond acceptors (Lipinski definition) is 7. The minimum atomic E-state index is 0.138. The SMILES string of the molecule is Clc1cccc(-c2noc(NCC3(N4CCOCC4)CCSC3)n2)c1. The molecule has 2 aliphatic heterocycles. The summed E-state index contributed by atoms with van der Waals surface area (Å²) < 4.78 is 10.9. The van der Waals surface area contributed by atoms with Gasteiger partial charge < -0.3 is 14.6 Å².